The number of anilines is 2. The minimum Gasteiger partial charge on any atom is -0.494 e. The molecule has 0 bridgehead atoms. The summed E-state index contributed by atoms with van der Waals surface area (Å²) in [6, 6.07) is 10.1. The predicted molar refractivity (Wildman–Crippen MR) is 103 cm³/mol. The fourth-order valence-corrected chi connectivity index (χ4v) is 2.65. The summed E-state index contributed by atoms with van der Waals surface area (Å²) in [5.74, 6) is -0.911. The number of aromatic nitrogens is 3. The zero-order valence-corrected chi connectivity index (χ0v) is 16.0. The van der Waals surface area contributed by atoms with Crippen molar-refractivity contribution in [2.24, 2.45) is 0 Å². The minimum atomic E-state index is -1.28. The lowest BCUT2D eigenvalue weighted by molar-refractivity contribution is 0.0697. The molecular formula is C20H21FN4O3. The maximum atomic E-state index is 13.5. The molecule has 3 rings (SSSR count). The number of hydrogen-bond acceptors (Lipinski definition) is 5. The van der Waals surface area contributed by atoms with Crippen molar-refractivity contribution in [1.82, 2.24) is 14.8 Å². The highest BCUT2D eigenvalue weighted by molar-refractivity contribution is 5.93. The molecule has 0 aliphatic heterocycles. The molecule has 0 spiro atoms. The number of carbonyl (C=O) groups is 1. The minimum absolute atomic E-state index is 0.0189. The lowest BCUT2D eigenvalue weighted by Crippen LogP contribution is -2.13. The second-order valence-electron chi connectivity index (χ2n) is 7.23. The van der Waals surface area contributed by atoms with Gasteiger partial charge >= 0.3 is 5.97 Å². The number of nitrogens with one attached hydrogen (secondary N) is 1. The first-order valence-corrected chi connectivity index (χ1v) is 8.60. The lowest BCUT2D eigenvalue weighted by Gasteiger charge is -2.14. The molecule has 0 aliphatic carbocycles. The Bertz CT molecular complexity index is 1020. The number of benzene rings is 1. The standard InChI is InChI=1S/C20H21FN4O3/c1-20(2,3)16-10-17(23-18-13(19(26)27)9-12(21)11-22-18)25(24-16)14-7-5-6-8-15(14)28-4/h5-11H,1-4H3,(H,22,23)(H,26,27). The predicted octanol–water partition coefficient (Wildman–Crippen LogP) is 4.15. The molecule has 0 unspecified atom stereocenters. The highest BCUT2D eigenvalue weighted by atomic mass is 19.1. The number of hydrogen-bond donors (Lipinski definition) is 2. The Morgan fingerprint density at radius 3 is 2.61 bits per heavy atom. The van der Waals surface area contributed by atoms with E-state index in [4.69, 9.17) is 4.74 Å². The van der Waals surface area contributed by atoms with Gasteiger partial charge in [-0.1, -0.05) is 32.9 Å². The summed E-state index contributed by atoms with van der Waals surface area (Å²) >= 11 is 0. The normalized spacial score (nSPS) is 11.3. The van der Waals surface area contributed by atoms with E-state index in [2.05, 4.69) is 15.4 Å². The van der Waals surface area contributed by atoms with E-state index in [1.54, 1.807) is 17.9 Å². The average Bonchev–Trinajstić information content (AvgIpc) is 3.07. The molecule has 2 heterocycles. The Morgan fingerprint density at radius 1 is 1.25 bits per heavy atom. The smallest absolute Gasteiger partial charge is 0.339 e. The largest absolute Gasteiger partial charge is 0.494 e. The van der Waals surface area contributed by atoms with Crippen molar-refractivity contribution in [2.75, 3.05) is 12.4 Å². The van der Waals surface area contributed by atoms with E-state index in [0.29, 0.717) is 17.3 Å². The molecule has 0 saturated carbocycles. The quantitative estimate of drug-likeness (QED) is 0.687. The number of methoxy groups -OCH3 is 1. The molecular weight excluding hydrogens is 363 g/mol. The van der Waals surface area contributed by atoms with Crippen molar-refractivity contribution >= 4 is 17.6 Å². The van der Waals surface area contributed by atoms with Crippen LogP contribution in [0, 0.1) is 5.82 Å². The molecule has 0 amide bonds. The summed E-state index contributed by atoms with van der Waals surface area (Å²) in [6.45, 7) is 6.06. The number of carboxylic acid groups (broad SMARTS) is 1. The second-order valence-corrected chi connectivity index (χ2v) is 7.23. The highest BCUT2D eigenvalue weighted by Crippen LogP contribution is 2.31. The highest BCUT2D eigenvalue weighted by Gasteiger charge is 2.23. The van der Waals surface area contributed by atoms with E-state index < -0.39 is 11.8 Å². The van der Waals surface area contributed by atoms with Crippen LogP contribution in [0.1, 0.15) is 36.8 Å². The maximum Gasteiger partial charge on any atom is 0.339 e. The van der Waals surface area contributed by atoms with E-state index in [1.807, 2.05) is 45.0 Å². The average molecular weight is 384 g/mol. The van der Waals surface area contributed by atoms with Crippen LogP contribution in [0.4, 0.5) is 16.0 Å². The lowest BCUT2D eigenvalue weighted by atomic mass is 9.92. The number of rotatable bonds is 5. The Labute approximate surface area is 161 Å². The molecule has 0 fully saturated rings. The third kappa shape index (κ3) is 3.80. The number of aromatic carboxylic acids is 1. The number of carboxylic acids is 1. The van der Waals surface area contributed by atoms with Crippen molar-refractivity contribution in [3.05, 3.63) is 59.7 Å². The van der Waals surface area contributed by atoms with E-state index in [9.17, 15) is 14.3 Å². The van der Waals surface area contributed by atoms with Crippen molar-refractivity contribution in [3.63, 3.8) is 0 Å². The van der Waals surface area contributed by atoms with Crippen LogP contribution in [0.25, 0.3) is 5.69 Å². The van der Waals surface area contributed by atoms with Gasteiger partial charge in [-0.25, -0.2) is 18.9 Å². The summed E-state index contributed by atoms with van der Waals surface area (Å²) in [4.78, 5) is 15.4. The molecule has 0 saturated heterocycles. The van der Waals surface area contributed by atoms with Gasteiger partial charge in [0.15, 0.2) is 0 Å². The van der Waals surface area contributed by atoms with E-state index in [1.165, 1.54) is 0 Å². The Hall–Kier alpha value is -3.42. The van der Waals surface area contributed by atoms with Crippen molar-refractivity contribution in [2.45, 2.75) is 26.2 Å². The molecule has 146 valence electrons. The molecule has 28 heavy (non-hydrogen) atoms. The van der Waals surface area contributed by atoms with Crippen LogP contribution in [0.2, 0.25) is 0 Å². The zero-order chi connectivity index (χ0) is 20.5. The van der Waals surface area contributed by atoms with Crippen molar-refractivity contribution in [1.29, 1.82) is 0 Å². The number of pyridine rings is 1. The molecule has 3 aromatic rings. The molecule has 0 radical (unpaired) electrons. The van der Waals surface area contributed by atoms with Crippen LogP contribution in [-0.4, -0.2) is 33.0 Å². The number of ether oxygens (including phenoxy) is 1. The third-order valence-corrected chi connectivity index (χ3v) is 4.12. The van der Waals surface area contributed by atoms with Gasteiger partial charge in [0.1, 0.15) is 34.5 Å². The van der Waals surface area contributed by atoms with Gasteiger partial charge in [-0.05, 0) is 18.2 Å². The van der Waals surface area contributed by atoms with Gasteiger partial charge in [-0.15, -0.1) is 0 Å². The number of para-hydroxylation sites is 2. The third-order valence-electron chi connectivity index (χ3n) is 4.12. The van der Waals surface area contributed by atoms with Crippen LogP contribution in [0.3, 0.4) is 0 Å². The van der Waals surface area contributed by atoms with Gasteiger partial charge in [0, 0.05) is 11.5 Å². The van der Waals surface area contributed by atoms with Crippen molar-refractivity contribution < 1.29 is 19.0 Å². The molecule has 0 atom stereocenters. The molecule has 8 heteroatoms. The first-order valence-electron chi connectivity index (χ1n) is 8.60. The van der Waals surface area contributed by atoms with Crippen LogP contribution in [-0.2, 0) is 5.41 Å². The zero-order valence-electron chi connectivity index (χ0n) is 16.0. The first kappa shape index (κ1) is 19.3. The van der Waals surface area contributed by atoms with Crippen LogP contribution in [0.15, 0.2) is 42.6 Å². The van der Waals surface area contributed by atoms with Gasteiger partial charge < -0.3 is 15.2 Å². The monoisotopic (exact) mass is 384 g/mol. The number of nitrogens with zero attached hydrogens (tertiary/aromatic N) is 3. The molecule has 2 N–H and O–H groups in total. The molecule has 7 nitrogen and oxygen atoms in total. The molecule has 0 aliphatic rings. The summed E-state index contributed by atoms with van der Waals surface area (Å²) in [5, 5.41) is 17.0. The summed E-state index contributed by atoms with van der Waals surface area (Å²) in [5.41, 5.74) is 0.919. The summed E-state index contributed by atoms with van der Waals surface area (Å²) in [7, 11) is 1.56. The maximum absolute atomic E-state index is 13.5. The first-order chi connectivity index (χ1) is 13.2. The Balaban J connectivity index is 2.16. The number of halogens is 1. The topological polar surface area (TPSA) is 89.3 Å². The van der Waals surface area contributed by atoms with Crippen molar-refractivity contribution in [3.8, 4) is 11.4 Å². The van der Waals surface area contributed by atoms with Crippen LogP contribution < -0.4 is 10.1 Å². The van der Waals surface area contributed by atoms with Crippen LogP contribution in [0.5, 0.6) is 5.75 Å². The van der Waals surface area contributed by atoms with E-state index >= 15 is 0 Å². The van der Waals surface area contributed by atoms with Gasteiger partial charge in [-0.3, -0.25) is 0 Å². The van der Waals surface area contributed by atoms with E-state index in [0.717, 1.165) is 18.0 Å². The van der Waals surface area contributed by atoms with Gasteiger partial charge in [-0.2, -0.15) is 5.10 Å². The second kappa shape index (κ2) is 7.30. The fourth-order valence-electron chi connectivity index (χ4n) is 2.65. The molecule has 1 aromatic carbocycles. The Morgan fingerprint density at radius 2 is 1.96 bits per heavy atom. The Kier molecular flexibility index (Phi) is 5.04. The van der Waals surface area contributed by atoms with Gasteiger partial charge in [0.25, 0.3) is 0 Å². The fraction of sp³-hybridized carbons (Fsp3) is 0.250. The SMILES string of the molecule is COc1ccccc1-n1nc(C(C)(C)C)cc1Nc1ncc(F)cc1C(=O)O. The van der Waals surface area contributed by atoms with Gasteiger partial charge in [0.05, 0.1) is 19.0 Å². The van der Waals surface area contributed by atoms with Crippen LogP contribution >= 0.6 is 0 Å². The summed E-state index contributed by atoms with van der Waals surface area (Å²) in [6.07, 6.45) is 0.962. The summed E-state index contributed by atoms with van der Waals surface area (Å²) < 4.78 is 20.5. The van der Waals surface area contributed by atoms with E-state index in [-0.39, 0.29) is 16.8 Å². The molecule has 2 aromatic heterocycles. The van der Waals surface area contributed by atoms with Gasteiger partial charge in [0.2, 0.25) is 0 Å².